The number of nitrogens with two attached hydrogens (primary N) is 1. The van der Waals surface area contributed by atoms with Gasteiger partial charge in [0.25, 0.3) is 0 Å². The molecule has 0 aliphatic carbocycles. The van der Waals surface area contributed by atoms with E-state index in [2.05, 4.69) is 21.9 Å². The molecule has 17 heavy (non-hydrogen) atoms. The molecule has 94 valence electrons. The zero-order valence-corrected chi connectivity index (χ0v) is 11.9. The zero-order chi connectivity index (χ0) is 12.3. The highest BCUT2D eigenvalue weighted by molar-refractivity contribution is 8.06. The van der Waals surface area contributed by atoms with Crippen molar-refractivity contribution in [3.63, 3.8) is 0 Å². The highest BCUT2D eigenvalue weighted by atomic mass is 32.2. The number of aromatic nitrogens is 3. The van der Waals surface area contributed by atoms with Crippen molar-refractivity contribution in [1.82, 2.24) is 15.0 Å². The number of rotatable bonds is 3. The summed E-state index contributed by atoms with van der Waals surface area (Å²) in [6, 6.07) is 0. The molecule has 0 amide bonds. The van der Waals surface area contributed by atoms with Crippen molar-refractivity contribution < 1.29 is 0 Å². The second-order valence-electron chi connectivity index (χ2n) is 3.93. The lowest BCUT2D eigenvalue weighted by molar-refractivity contribution is 0.729. The number of hydrogen-bond acceptors (Lipinski definition) is 6. The summed E-state index contributed by atoms with van der Waals surface area (Å²) < 4.78 is 0. The quantitative estimate of drug-likeness (QED) is 0.909. The minimum Gasteiger partial charge on any atom is -0.368 e. The maximum Gasteiger partial charge on any atom is 0.223 e. The fourth-order valence-corrected chi connectivity index (χ4v) is 4.88. The van der Waals surface area contributed by atoms with E-state index in [9.17, 15) is 0 Å². The minimum absolute atomic E-state index is 0.359. The molecule has 0 radical (unpaired) electrons. The molecule has 1 aliphatic rings. The van der Waals surface area contributed by atoms with E-state index in [4.69, 9.17) is 5.73 Å². The van der Waals surface area contributed by atoms with Crippen molar-refractivity contribution in [3.8, 4) is 0 Å². The number of anilines is 1. The van der Waals surface area contributed by atoms with E-state index in [0.717, 1.165) is 24.5 Å². The summed E-state index contributed by atoms with van der Waals surface area (Å²) in [4.78, 5) is 13.0. The Labute approximate surface area is 111 Å². The predicted molar refractivity (Wildman–Crippen MR) is 75.4 cm³/mol. The van der Waals surface area contributed by atoms with E-state index >= 15 is 0 Å². The third-order valence-electron chi connectivity index (χ3n) is 2.74. The van der Waals surface area contributed by atoms with Gasteiger partial charge in [0, 0.05) is 23.2 Å². The Bertz CT molecular complexity index is 386. The van der Waals surface area contributed by atoms with E-state index in [0.29, 0.717) is 16.4 Å². The van der Waals surface area contributed by atoms with Crippen LogP contribution in [-0.2, 0) is 6.42 Å². The van der Waals surface area contributed by atoms with Gasteiger partial charge in [0.2, 0.25) is 5.95 Å². The first kappa shape index (κ1) is 13.0. The van der Waals surface area contributed by atoms with E-state index < -0.39 is 0 Å². The van der Waals surface area contributed by atoms with Gasteiger partial charge in [0.15, 0.2) is 0 Å². The van der Waals surface area contributed by atoms with Crippen LogP contribution in [0.5, 0.6) is 0 Å². The third kappa shape index (κ3) is 3.04. The molecule has 1 aromatic rings. The normalized spacial score (nSPS) is 24.8. The summed E-state index contributed by atoms with van der Waals surface area (Å²) in [5, 5.41) is 0.967. The molecule has 2 atom stereocenters. The van der Waals surface area contributed by atoms with E-state index in [-0.39, 0.29) is 0 Å². The van der Waals surface area contributed by atoms with Crippen LogP contribution in [-0.4, -0.2) is 31.7 Å². The molecular weight excluding hydrogens is 252 g/mol. The van der Waals surface area contributed by atoms with Crippen molar-refractivity contribution in [2.24, 2.45) is 0 Å². The van der Waals surface area contributed by atoms with Gasteiger partial charge in [-0.05, 0) is 6.42 Å². The molecule has 0 aromatic carbocycles. The average Bonchev–Trinajstić information content (AvgIpc) is 2.37. The van der Waals surface area contributed by atoms with Gasteiger partial charge < -0.3 is 5.73 Å². The minimum atomic E-state index is 0.359. The number of nitrogens with zero attached hydrogens (tertiary/aromatic N) is 3. The molecule has 2 heterocycles. The Balaban J connectivity index is 2.27. The molecule has 2 unspecified atom stereocenters. The van der Waals surface area contributed by atoms with Gasteiger partial charge in [0.1, 0.15) is 11.6 Å². The van der Waals surface area contributed by atoms with E-state index in [1.807, 2.05) is 30.4 Å². The van der Waals surface area contributed by atoms with Crippen LogP contribution >= 0.6 is 23.5 Å². The third-order valence-corrected chi connectivity index (χ3v) is 5.98. The van der Waals surface area contributed by atoms with Gasteiger partial charge in [-0.15, -0.1) is 11.8 Å². The Kier molecular flexibility index (Phi) is 4.50. The molecular formula is C11H18N4S2. The highest BCUT2D eigenvalue weighted by Crippen LogP contribution is 2.42. The van der Waals surface area contributed by atoms with Crippen molar-refractivity contribution in [2.45, 2.75) is 37.2 Å². The smallest absolute Gasteiger partial charge is 0.223 e. The Morgan fingerprint density at radius 2 is 1.94 bits per heavy atom. The Morgan fingerprint density at radius 3 is 2.65 bits per heavy atom. The molecule has 1 aliphatic heterocycles. The topological polar surface area (TPSA) is 64.7 Å². The van der Waals surface area contributed by atoms with Crippen molar-refractivity contribution in [3.05, 3.63) is 11.6 Å². The van der Waals surface area contributed by atoms with Crippen molar-refractivity contribution in [2.75, 3.05) is 17.2 Å². The summed E-state index contributed by atoms with van der Waals surface area (Å²) >= 11 is 3.97. The molecule has 1 fully saturated rings. The number of thioether (sulfide) groups is 2. The van der Waals surface area contributed by atoms with Crippen LogP contribution in [0.2, 0.25) is 0 Å². The lowest BCUT2D eigenvalue weighted by Gasteiger charge is -2.28. The van der Waals surface area contributed by atoms with Gasteiger partial charge in [-0.1, -0.05) is 13.8 Å². The molecule has 6 heteroatoms. The maximum atomic E-state index is 5.75. The summed E-state index contributed by atoms with van der Waals surface area (Å²) in [6.45, 7) is 4.26. The molecule has 0 bridgehead atoms. The fraction of sp³-hybridized carbons (Fsp3) is 0.727. The molecule has 1 saturated heterocycles. The monoisotopic (exact) mass is 270 g/mol. The SMILES string of the molecule is CCc1nc(N)nc(C2SCCSC2CC)n1. The Hall–Kier alpha value is -0.490. The number of hydrogen-bond donors (Lipinski definition) is 1. The predicted octanol–water partition coefficient (Wildman–Crippen LogP) is 2.32. The average molecular weight is 270 g/mol. The van der Waals surface area contributed by atoms with Gasteiger partial charge in [-0.3, -0.25) is 0 Å². The van der Waals surface area contributed by atoms with Gasteiger partial charge in [0.05, 0.1) is 5.25 Å². The molecule has 1 aromatic heterocycles. The van der Waals surface area contributed by atoms with Crippen molar-refractivity contribution in [1.29, 1.82) is 0 Å². The summed E-state index contributed by atoms with van der Waals surface area (Å²) in [6.07, 6.45) is 1.95. The number of aryl methyl sites for hydroxylation is 1. The lowest BCUT2D eigenvalue weighted by Crippen LogP contribution is -2.21. The van der Waals surface area contributed by atoms with Crippen LogP contribution in [0, 0.1) is 0 Å². The van der Waals surface area contributed by atoms with Crippen LogP contribution in [0.3, 0.4) is 0 Å². The van der Waals surface area contributed by atoms with Crippen LogP contribution in [0.1, 0.15) is 37.2 Å². The van der Waals surface area contributed by atoms with Crippen molar-refractivity contribution >= 4 is 29.5 Å². The summed E-state index contributed by atoms with van der Waals surface area (Å²) in [5.74, 6) is 4.43. The summed E-state index contributed by atoms with van der Waals surface area (Å²) in [7, 11) is 0. The second-order valence-corrected chi connectivity index (χ2v) is 6.53. The van der Waals surface area contributed by atoms with Gasteiger partial charge in [-0.25, -0.2) is 4.98 Å². The number of nitrogen functional groups attached to an aromatic ring is 1. The van der Waals surface area contributed by atoms with Gasteiger partial charge >= 0.3 is 0 Å². The van der Waals surface area contributed by atoms with Crippen LogP contribution < -0.4 is 5.73 Å². The zero-order valence-electron chi connectivity index (χ0n) is 10.2. The molecule has 0 saturated carbocycles. The maximum absolute atomic E-state index is 5.75. The lowest BCUT2D eigenvalue weighted by atomic mass is 10.2. The van der Waals surface area contributed by atoms with Gasteiger partial charge in [-0.2, -0.15) is 21.7 Å². The van der Waals surface area contributed by atoms with Crippen LogP contribution in [0.4, 0.5) is 5.95 Å². The van der Waals surface area contributed by atoms with E-state index in [1.165, 1.54) is 11.5 Å². The van der Waals surface area contributed by atoms with E-state index in [1.54, 1.807) is 0 Å². The fourth-order valence-electron chi connectivity index (χ4n) is 1.88. The summed E-state index contributed by atoms with van der Waals surface area (Å²) in [5.41, 5.74) is 5.75. The Morgan fingerprint density at radius 1 is 1.18 bits per heavy atom. The standard InChI is InChI=1S/C11H18N4S2/c1-3-7-9(17-6-5-16-7)10-13-8(4-2)14-11(12)15-10/h7,9H,3-6H2,1-2H3,(H2,12,13,14,15). The first-order chi connectivity index (χ1) is 8.24. The molecule has 4 nitrogen and oxygen atoms in total. The molecule has 0 spiro atoms. The highest BCUT2D eigenvalue weighted by Gasteiger charge is 2.29. The largest absolute Gasteiger partial charge is 0.368 e. The second kappa shape index (κ2) is 5.91. The molecule has 2 rings (SSSR count). The van der Waals surface area contributed by atoms with Crippen LogP contribution in [0.15, 0.2) is 0 Å². The molecule has 2 N–H and O–H groups in total. The van der Waals surface area contributed by atoms with Crippen LogP contribution in [0.25, 0.3) is 0 Å². The first-order valence-electron chi connectivity index (χ1n) is 5.98. The first-order valence-corrected chi connectivity index (χ1v) is 8.07.